The smallest absolute Gasteiger partial charge is 0.248 e. The van der Waals surface area contributed by atoms with Gasteiger partial charge in [-0.3, -0.25) is 4.79 Å². The molecule has 29 heavy (non-hydrogen) atoms. The van der Waals surface area contributed by atoms with E-state index in [4.69, 9.17) is 27.9 Å². The van der Waals surface area contributed by atoms with Crippen LogP contribution in [-0.4, -0.2) is 53.9 Å². The molecule has 1 N–H and O–H groups in total. The first-order valence-electron chi connectivity index (χ1n) is 9.95. The molecule has 0 radical (unpaired) electrons. The van der Waals surface area contributed by atoms with Crippen molar-refractivity contribution in [1.82, 2.24) is 15.1 Å². The highest BCUT2D eigenvalue weighted by atomic mass is 35.5. The number of carbonyl (C=O) groups excluding carboxylic acids is 1. The van der Waals surface area contributed by atoms with Crippen LogP contribution in [-0.2, 0) is 9.53 Å². The first kappa shape index (κ1) is 20.4. The zero-order chi connectivity index (χ0) is 20.4. The van der Waals surface area contributed by atoms with Crippen LogP contribution in [0.1, 0.15) is 37.8 Å². The summed E-state index contributed by atoms with van der Waals surface area (Å²) in [4.78, 5) is 13.8. The Morgan fingerprint density at radius 3 is 2.59 bits per heavy atom. The molecule has 0 bridgehead atoms. The minimum absolute atomic E-state index is 0.00956. The van der Waals surface area contributed by atoms with Crippen LogP contribution < -0.4 is 5.32 Å². The van der Waals surface area contributed by atoms with Gasteiger partial charge >= 0.3 is 0 Å². The number of hydrogen-bond acceptors (Lipinski definition) is 5. The Morgan fingerprint density at radius 2 is 1.93 bits per heavy atom. The number of halogens is 2. The average Bonchev–Trinajstić information content (AvgIpc) is 3.23. The quantitative estimate of drug-likeness (QED) is 0.746. The van der Waals surface area contributed by atoms with Gasteiger partial charge in [-0.15, -0.1) is 10.2 Å². The third-order valence-corrected chi connectivity index (χ3v) is 6.37. The van der Waals surface area contributed by atoms with E-state index < -0.39 is 0 Å². The fourth-order valence-electron chi connectivity index (χ4n) is 4.08. The number of benzene rings is 1. The maximum Gasteiger partial charge on any atom is 0.248 e. The normalized spacial score (nSPS) is 17.6. The van der Waals surface area contributed by atoms with E-state index in [9.17, 15) is 4.79 Å². The predicted octanol–water partition coefficient (Wildman–Crippen LogP) is 4.55. The maximum absolute atomic E-state index is 12.0. The van der Waals surface area contributed by atoms with Gasteiger partial charge in [-0.25, -0.2) is 0 Å². The summed E-state index contributed by atoms with van der Waals surface area (Å²) in [6.45, 7) is 1.26. The Hall–Kier alpha value is -1.89. The molecule has 2 aliphatic rings. The molecule has 2 heterocycles. The Bertz CT molecular complexity index is 957. The van der Waals surface area contributed by atoms with Gasteiger partial charge in [0.1, 0.15) is 6.61 Å². The number of rotatable bonds is 5. The van der Waals surface area contributed by atoms with Gasteiger partial charge < -0.3 is 15.0 Å². The average molecular weight is 435 g/mol. The standard InChI is InChI=1S/C21H24Cl2N4O2/c1-29-12-19(28)27-8-6-13(7-9-27)20-15-10-17(22)18(23)11-16(15)21(26-25-20)24-14-4-2-3-5-14/h6,10-11,14H,2-5,7-9,12H2,1H3,(H,24,26). The predicted molar refractivity (Wildman–Crippen MR) is 116 cm³/mol. The van der Waals surface area contributed by atoms with Crippen LogP contribution in [0.4, 0.5) is 5.82 Å². The number of hydrogen-bond donors (Lipinski definition) is 1. The van der Waals surface area contributed by atoms with Crippen LogP contribution in [0, 0.1) is 0 Å². The number of carbonyl (C=O) groups is 1. The van der Waals surface area contributed by atoms with Crippen molar-refractivity contribution in [2.45, 2.75) is 38.1 Å². The molecule has 6 nitrogen and oxygen atoms in total. The molecular formula is C21H24Cl2N4O2. The summed E-state index contributed by atoms with van der Waals surface area (Å²) in [7, 11) is 1.53. The molecule has 4 rings (SSSR count). The second-order valence-corrected chi connectivity index (χ2v) is 8.40. The second kappa shape index (κ2) is 8.86. The van der Waals surface area contributed by atoms with E-state index in [1.165, 1.54) is 20.0 Å². The first-order valence-corrected chi connectivity index (χ1v) is 10.7. The maximum atomic E-state index is 12.0. The number of methoxy groups -OCH3 is 1. The van der Waals surface area contributed by atoms with Crippen LogP contribution in [0.5, 0.6) is 0 Å². The molecular weight excluding hydrogens is 411 g/mol. The molecule has 1 aliphatic carbocycles. The van der Waals surface area contributed by atoms with E-state index >= 15 is 0 Å². The Labute approximate surface area is 180 Å². The molecule has 0 spiro atoms. The summed E-state index contributed by atoms with van der Waals surface area (Å²) in [5, 5.41) is 15.4. The van der Waals surface area contributed by atoms with Gasteiger partial charge in [0.25, 0.3) is 0 Å². The lowest BCUT2D eigenvalue weighted by atomic mass is 9.99. The van der Waals surface area contributed by atoms with Crippen molar-refractivity contribution >= 4 is 51.3 Å². The molecule has 2 aromatic rings. The van der Waals surface area contributed by atoms with Crippen molar-refractivity contribution in [1.29, 1.82) is 0 Å². The van der Waals surface area contributed by atoms with Crippen molar-refractivity contribution < 1.29 is 9.53 Å². The third kappa shape index (κ3) is 4.34. The lowest BCUT2D eigenvalue weighted by Crippen LogP contribution is -2.37. The zero-order valence-corrected chi connectivity index (χ0v) is 17.9. The monoisotopic (exact) mass is 434 g/mol. The van der Waals surface area contributed by atoms with Gasteiger partial charge in [0, 0.05) is 37.0 Å². The summed E-state index contributed by atoms with van der Waals surface area (Å²) < 4.78 is 4.95. The fraction of sp³-hybridized carbons (Fsp3) is 0.476. The molecule has 0 atom stereocenters. The molecule has 1 saturated carbocycles. The number of aromatic nitrogens is 2. The van der Waals surface area contributed by atoms with Gasteiger partial charge in [-0.1, -0.05) is 42.1 Å². The summed E-state index contributed by atoms with van der Waals surface area (Å²) in [5.74, 6) is 0.743. The minimum atomic E-state index is -0.00956. The molecule has 1 aromatic heterocycles. The van der Waals surface area contributed by atoms with E-state index in [-0.39, 0.29) is 12.5 Å². The first-order chi connectivity index (χ1) is 14.1. The van der Waals surface area contributed by atoms with Gasteiger partial charge in [0.15, 0.2) is 5.82 Å². The molecule has 8 heteroatoms. The molecule has 1 aromatic carbocycles. The Balaban J connectivity index is 1.68. The Kier molecular flexibility index (Phi) is 6.23. The van der Waals surface area contributed by atoms with Crippen LogP contribution in [0.2, 0.25) is 10.0 Å². The number of ether oxygens (including phenoxy) is 1. The van der Waals surface area contributed by atoms with E-state index in [1.807, 2.05) is 18.2 Å². The van der Waals surface area contributed by atoms with Gasteiger partial charge in [0.2, 0.25) is 5.91 Å². The third-order valence-electron chi connectivity index (χ3n) is 5.65. The van der Waals surface area contributed by atoms with Crippen molar-refractivity contribution in [2.75, 3.05) is 32.1 Å². The van der Waals surface area contributed by atoms with Crippen molar-refractivity contribution in [3.05, 3.63) is 33.9 Å². The highest BCUT2D eigenvalue weighted by Gasteiger charge is 2.22. The zero-order valence-electron chi connectivity index (χ0n) is 16.4. The number of anilines is 1. The fourth-order valence-corrected chi connectivity index (χ4v) is 4.41. The van der Waals surface area contributed by atoms with Gasteiger partial charge in [-0.2, -0.15) is 0 Å². The molecule has 1 aliphatic heterocycles. The summed E-state index contributed by atoms with van der Waals surface area (Å²) >= 11 is 12.7. The summed E-state index contributed by atoms with van der Waals surface area (Å²) in [6, 6.07) is 4.15. The van der Waals surface area contributed by atoms with Crippen LogP contribution >= 0.6 is 23.2 Å². The molecule has 0 saturated heterocycles. The van der Waals surface area contributed by atoms with Gasteiger partial charge in [0.05, 0.1) is 15.7 Å². The second-order valence-electron chi connectivity index (χ2n) is 7.59. The van der Waals surface area contributed by atoms with Crippen molar-refractivity contribution in [2.24, 2.45) is 0 Å². The number of fused-ring (bicyclic) bond motifs is 1. The summed E-state index contributed by atoms with van der Waals surface area (Å²) in [6.07, 6.45) is 7.49. The van der Waals surface area contributed by atoms with Gasteiger partial charge in [-0.05, 0) is 37.0 Å². The number of amides is 1. The summed E-state index contributed by atoms with van der Waals surface area (Å²) in [5.41, 5.74) is 1.86. The van der Waals surface area contributed by atoms with E-state index in [0.29, 0.717) is 35.6 Å². The van der Waals surface area contributed by atoms with Crippen molar-refractivity contribution in [3.8, 4) is 0 Å². The Morgan fingerprint density at radius 1 is 1.21 bits per heavy atom. The van der Waals surface area contributed by atoms with E-state index in [0.717, 1.165) is 40.7 Å². The number of nitrogens with one attached hydrogen (secondary N) is 1. The molecule has 1 amide bonds. The topological polar surface area (TPSA) is 67.3 Å². The van der Waals surface area contributed by atoms with Crippen molar-refractivity contribution in [3.63, 3.8) is 0 Å². The van der Waals surface area contributed by atoms with Crippen LogP contribution in [0.3, 0.4) is 0 Å². The lowest BCUT2D eigenvalue weighted by molar-refractivity contribution is -0.134. The van der Waals surface area contributed by atoms with Crippen LogP contribution in [0.15, 0.2) is 18.2 Å². The molecule has 1 fully saturated rings. The highest BCUT2D eigenvalue weighted by Crippen LogP contribution is 2.36. The molecule has 0 unspecified atom stereocenters. The number of nitrogens with zero attached hydrogens (tertiary/aromatic N) is 3. The van der Waals surface area contributed by atoms with E-state index in [1.54, 1.807) is 4.90 Å². The SMILES string of the molecule is COCC(=O)N1CC=C(c2nnc(NC3CCCC3)c3cc(Cl)c(Cl)cc23)CC1. The minimum Gasteiger partial charge on any atom is -0.375 e. The van der Waals surface area contributed by atoms with E-state index in [2.05, 4.69) is 15.5 Å². The van der Waals surface area contributed by atoms with Crippen LogP contribution in [0.25, 0.3) is 16.3 Å². The lowest BCUT2D eigenvalue weighted by Gasteiger charge is -2.26. The molecule has 154 valence electrons. The largest absolute Gasteiger partial charge is 0.375 e. The highest BCUT2D eigenvalue weighted by molar-refractivity contribution is 6.43.